The molecule has 1 aliphatic rings. The van der Waals surface area contributed by atoms with Crippen LogP contribution in [0.5, 0.6) is 11.5 Å². The van der Waals surface area contributed by atoms with Crippen LogP contribution >= 0.6 is 11.3 Å². The highest BCUT2D eigenvalue weighted by Gasteiger charge is 2.20. The average Bonchev–Trinajstić information content (AvgIpc) is 3.25. The molecule has 3 rings (SSSR count). The first kappa shape index (κ1) is 17.2. The number of ether oxygens (including phenoxy) is 2. The van der Waals surface area contributed by atoms with E-state index in [2.05, 4.69) is 10.6 Å². The highest BCUT2D eigenvalue weighted by molar-refractivity contribution is 7.10. The number of hydrogen-bond donors (Lipinski definition) is 2. The molecule has 1 aromatic carbocycles. The number of rotatable bonds is 5. The first-order valence-electron chi connectivity index (χ1n) is 7.73. The summed E-state index contributed by atoms with van der Waals surface area (Å²) in [5.74, 6) is -0.237. The van der Waals surface area contributed by atoms with Gasteiger partial charge >= 0.3 is 11.8 Å². The largest absolute Gasteiger partial charge is 0.454 e. The van der Waals surface area contributed by atoms with Crippen molar-refractivity contribution in [3.8, 4) is 11.5 Å². The van der Waals surface area contributed by atoms with Gasteiger partial charge in [0.15, 0.2) is 11.5 Å². The molecule has 0 aliphatic carbocycles. The Bertz CT molecular complexity index is 761. The third-order valence-electron chi connectivity index (χ3n) is 3.79. The summed E-state index contributed by atoms with van der Waals surface area (Å²) in [7, 11) is 3.87. The Labute approximate surface area is 149 Å². The lowest BCUT2D eigenvalue weighted by molar-refractivity contribution is -0.136. The molecule has 2 heterocycles. The normalized spacial score (nSPS) is 13.6. The molecule has 0 spiro atoms. The van der Waals surface area contributed by atoms with Gasteiger partial charge in [-0.05, 0) is 37.7 Å². The van der Waals surface area contributed by atoms with Gasteiger partial charge in [0.1, 0.15) is 0 Å². The lowest BCUT2D eigenvalue weighted by atomic mass is 10.2. The van der Waals surface area contributed by atoms with Crippen LogP contribution in [0.3, 0.4) is 0 Å². The van der Waals surface area contributed by atoms with Crippen molar-refractivity contribution in [1.82, 2.24) is 10.2 Å². The third-order valence-corrected chi connectivity index (χ3v) is 4.76. The summed E-state index contributed by atoms with van der Waals surface area (Å²) in [6.07, 6.45) is 0. The van der Waals surface area contributed by atoms with Crippen molar-refractivity contribution >= 4 is 28.8 Å². The number of benzene rings is 1. The standard InChI is InChI=1S/C17H19N3O4S/c1-20(2)12(15-4-3-7-25-15)9-18-16(21)17(22)19-11-5-6-13-14(8-11)24-10-23-13/h3-8,12H,9-10H2,1-2H3,(H,18,21)(H,19,22)/t12-/m1/s1. The van der Waals surface area contributed by atoms with Crippen LogP contribution in [-0.4, -0.2) is 44.1 Å². The van der Waals surface area contributed by atoms with Crippen molar-refractivity contribution in [2.75, 3.05) is 32.7 Å². The van der Waals surface area contributed by atoms with Gasteiger partial charge in [0, 0.05) is 23.2 Å². The summed E-state index contributed by atoms with van der Waals surface area (Å²) < 4.78 is 10.5. The van der Waals surface area contributed by atoms with Crippen molar-refractivity contribution in [2.45, 2.75) is 6.04 Å². The fraction of sp³-hybridized carbons (Fsp3) is 0.294. The SMILES string of the molecule is CN(C)[C@H](CNC(=O)C(=O)Nc1ccc2c(c1)OCO2)c1cccs1. The Hall–Kier alpha value is -2.58. The lowest BCUT2D eigenvalue weighted by Crippen LogP contribution is -2.40. The second-order valence-electron chi connectivity index (χ2n) is 5.73. The molecule has 132 valence electrons. The zero-order valence-electron chi connectivity index (χ0n) is 13.9. The molecule has 1 aliphatic heterocycles. The van der Waals surface area contributed by atoms with E-state index >= 15 is 0 Å². The van der Waals surface area contributed by atoms with Gasteiger partial charge < -0.3 is 25.0 Å². The molecule has 1 atom stereocenters. The Morgan fingerprint density at radius 2 is 2.00 bits per heavy atom. The number of anilines is 1. The third kappa shape index (κ3) is 4.09. The van der Waals surface area contributed by atoms with Gasteiger partial charge in [-0.1, -0.05) is 6.07 Å². The zero-order valence-corrected chi connectivity index (χ0v) is 14.8. The van der Waals surface area contributed by atoms with Crippen molar-refractivity contribution in [3.05, 3.63) is 40.6 Å². The number of carbonyl (C=O) groups excluding carboxylic acids is 2. The van der Waals surface area contributed by atoms with Gasteiger partial charge in [0.25, 0.3) is 0 Å². The second kappa shape index (κ2) is 7.54. The maximum Gasteiger partial charge on any atom is 0.313 e. The summed E-state index contributed by atoms with van der Waals surface area (Å²) in [6.45, 7) is 0.503. The van der Waals surface area contributed by atoms with E-state index < -0.39 is 11.8 Å². The minimum Gasteiger partial charge on any atom is -0.454 e. The van der Waals surface area contributed by atoms with Gasteiger partial charge in [0.05, 0.1) is 6.04 Å². The fourth-order valence-electron chi connectivity index (χ4n) is 2.45. The molecule has 0 fully saturated rings. The Morgan fingerprint density at radius 3 is 2.72 bits per heavy atom. The van der Waals surface area contributed by atoms with Crippen molar-refractivity contribution in [3.63, 3.8) is 0 Å². The number of nitrogens with one attached hydrogen (secondary N) is 2. The molecule has 0 saturated heterocycles. The number of nitrogens with zero attached hydrogens (tertiary/aromatic N) is 1. The number of carbonyl (C=O) groups is 2. The maximum absolute atomic E-state index is 12.1. The molecule has 0 bridgehead atoms. The summed E-state index contributed by atoms with van der Waals surface area (Å²) in [5.41, 5.74) is 0.479. The zero-order chi connectivity index (χ0) is 17.8. The quantitative estimate of drug-likeness (QED) is 0.795. The number of fused-ring (bicyclic) bond motifs is 1. The monoisotopic (exact) mass is 361 g/mol. The van der Waals surface area contributed by atoms with E-state index in [9.17, 15) is 9.59 Å². The molecule has 2 aromatic rings. The molecule has 25 heavy (non-hydrogen) atoms. The minimum atomic E-state index is -0.720. The predicted molar refractivity (Wildman–Crippen MR) is 95.0 cm³/mol. The molecule has 8 heteroatoms. The topological polar surface area (TPSA) is 79.9 Å². The van der Waals surface area contributed by atoms with E-state index in [1.807, 2.05) is 36.5 Å². The molecule has 2 amide bonds. The summed E-state index contributed by atoms with van der Waals surface area (Å²) in [4.78, 5) is 27.3. The van der Waals surface area contributed by atoms with E-state index in [-0.39, 0.29) is 12.8 Å². The molecule has 1 aromatic heterocycles. The van der Waals surface area contributed by atoms with Crippen LogP contribution < -0.4 is 20.1 Å². The molecular formula is C17H19N3O4S. The van der Waals surface area contributed by atoms with Crippen molar-refractivity contribution in [1.29, 1.82) is 0 Å². The molecule has 0 saturated carbocycles. The van der Waals surface area contributed by atoms with E-state index in [0.29, 0.717) is 23.7 Å². The summed E-state index contributed by atoms with van der Waals surface area (Å²) >= 11 is 1.61. The number of amides is 2. The highest BCUT2D eigenvalue weighted by atomic mass is 32.1. The first-order valence-corrected chi connectivity index (χ1v) is 8.61. The fourth-order valence-corrected chi connectivity index (χ4v) is 3.37. The number of hydrogen-bond acceptors (Lipinski definition) is 6. The van der Waals surface area contributed by atoms with Crippen LogP contribution in [-0.2, 0) is 9.59 Å². The van der Waals surface area contributed by atoms with Crippen LogP contribution in [0.4, 0.5) is 5.69 Å². The number of likely N-dealkylation sites (N-methyl/N-ethyl adjacent to an activating group) is 1. The Kier molecular flexibility index (Phi) is 5.20. The molecular weight excluding hydrogens is 342 g/mol. The first-order chi connectivity index (χ1) is 12.0. The molecule has 0 unspecified atom stereocenters. The minimum absolute atomic E-state index is 0.0160. The highest BCUT2D eigenvalue weighted by Crippen LogP contribution is 2.34. The lowest BCUT2D eigenvalue weighted by Gasteiger charge is -2.23. The smallest absolute Gasteiger partial charge is 0.313 e. The second-order valence-corrected chi connectivity index (χ2v) is 6.71. The van der Waals surface area contributed by atoms with E-state index in [4.69, 9.17) is 9.47 Å². The van der Waals surface area contributed by atoms with Crippen LogP contribution in [0, 0.1) is 0 Å². The van der Waals surface area contributed by atoms with Gasteiger partial charge in [0.2, 0.25) is 6.79 Å². The number of thiophene rings is 1. The molecule has 7 nitrogen and oxygen atoms in total. The van der Waals surface area contributed by atoms with Gasteiger partial charge in [-0.25, -0.2) is 0 Å². The van der Waals surface area contributed by atoms with E-state index in [0.717, 1.165) is 4.88 Å². The average molecular weight is 361 g/mol. The van der Waals surface area contributed by atoms with Gasteiger partial charge in [-0.2, -0.15) is 0 Å². The van der Waals surface area contributed by atoms with Crippen LogP contribution in [0.1, 0.15) is 10.9 Å². The summed E-state index contributed by atoms with van der Waals surface area (Å²) in [5, 5.41) is 7.23. The van der Waals surface area contributed by atoms with Crippen LogP contribution in [0.25, 0.3) is 0 Å². The van der Waals surface area contributed by atoms with Gasteiger partial charge in [-0.3, -0.25) is 9.59 Å². The van der Waals surface area contributed by atoms with E-state index in [1.54, 1.807) is 29.5 Å². The van der Waals surface area contributed by atoms with E-state index in [1.165, 1.54) is 0 Å². The maximum atomic E-state index is 12.1. The Balaban J connectivity index is 1.56. The Morgan fingerprint density at radius 1 is 1.20 bits per heavy atom. The van der Waals surface area contributed by atoms with Crippen molar-refractivity contribution < 1.29 is 19.1 Å². The molecule has 2 N–H and O–H groups in total. The van der Waals surface area contributed by atoms with Crippen LogP contribution in [0.2, 0.25) is 0 Å². The summed E-state index contributed by atoms with van der Waals surface area (Å²) in [6, 6.07) is 8.96. The van der Waals surface area contributed by atoms with Gasteiger partial charge in [-0.15, -0.1) is 11.3 Å². The molecule has 0 radical (unpaired) electrons. The van der Waals surface area contributed by atoms with Crippen LogP contribution in [0.15, 0.2) is 35.7 Å². The predicted octanol–water partition coefficient (Wildman–Crippen LogP) is 1.83. The van der Waals surface area contributed by atoms with Crippen molar-refractivity contribution in [2.24, 2.45) is 0 Å².